The normalized spacial score (nSPS) is 12.7. The van der Waals surface area contributed by atoms with E-state index in [0.29, 0.717) is 11.7 Å². The molecule has 0 aliphatic carbocycles. The molecule has 0 aromatic carbocycles. The monoisotopic (exact) mass is 250 g/mol. The summed E-state index contributed by atoms with van der Waals surface area (Å²) in [5.74, 6) is 1.39. The van der Waals surface area contributed by atoms with Crippen molar-refractivity contribution in [1.29, 1.82) is 0 Å². The van der Waals surface area contributed by atoms with E-state index in [1.54, 1.807) is 16.5 Å². The molecule has 0 bridgehead atoms. The van der Waals surface area contributed by atoms with Crippen LogP contribution in [0.15, 0.2) is 6.07 Å². The molecule has 0 saturated carbocycles. The minimum Gasteiger partial charge on any atom is -0.481 e. The Hall–Kier alpha value is -1.89. The van der Waals surface area contributed by atoms with Gasteiger partial charge in [-0.1, -0.05) is 5.21 Å². The number of nitrogens with one attached hydrogen (secondary N) is 1. The van der Waals surface area contributed by atoms with Crippen LogP contribution in [0, 0.1) is 6.92 Å². The number of hydrogen-bond donors (Lipinski definition) is 1. The Morgan fingerprint density at radius 2 is 2.17 bits per heavy atom. The van der Waals surface area contributed by atoms with Crippen LogP contribution in [0.2, 0.25) is 0 Å². The molecule has 0 radical (unpaired) electrons. The van der Waals surface area contributed by atoms with Gasteiger partial charge in [0, 0.05) is 13.1 Å². The summed E-state index contributed by atoms with van der Waals surface area (Å²) in [5, 5.41) is 15.8. The average molecular weight is 250 g/mol. The lowest BCUT2D eigenvalue weighted by Crippen LogP contribution is -2.14. The highest BCUT2D eigenvalue weighted by Crippen LogP contribution is 2.19. The van der Waals surface area contributed by atoms with E-state index in [1.165, 1.54) is 0 Å². The molecule has 98 valence electrons. The molecule has 1 N–H and O–H groups in total. The second-order valence-corrected chi connectivity index (χ2v) is 4.15. The van der Waals surface area contributed by atoms with E-state index >= 15 is 0 Å². The van der Waals surface area contributed by atoms with Gasteiger partial charge in [0.1, 0.15) is 5.69 Å². The summed E-state index contributed by atoms with van der Waals surface area (Å²) in [7, 11) is 5.34. The SMILES string of the molecule is CNC(C)c1nnn(-c2cc(OC)n(C)n2)c1C. The topological polar surface area (TPSA) is 69.8 Å². The third-order valence-corrected chi connectivity index (χ3v) is 3.02. The Morgan fingerprint density at radius 3 is 2.72 bits per heavy atom. The van der Waals surface area contributed by atoms with Crippen LogP contribution in [-0.2, 0) is 7.05 Å². The zero-order chi connectivity index (χ0) is 13.3. The molecule has 0 amide bonds. The number of rotatable bonds is 4. The lowest BCUT2D eigenvalue weighted by atomic mass is 10.2. The van der Waals surface area contributed by atoms with Gasteiger partial charge in [-0.05, 0) is 20.9 Å². The van der Waals surface area contributed by atoms with Crippen LogP contribution in [0.1, 0.15) is 24.4 Å². The van der Waals surface area contributed by atoms with E-state index in [4.69, 9.17) is 4.74 Å². The third-order valence-electron chi connectivity index (χ3n) is 3.02. The van der Waals surface area contributed by atoms with Gasteiger partial charge in [-0.15, -0.1) is 10.2 Å². The second kappa shape index (κ2) is 4.77. The van der Waals surface area contributed by atoms with Crippen molar-refractivity contribution in [2.45, 2.75) is 19.9 Å². The number of ether oxygens (including phenoxy) is 1. The van der Waals surface area contributed by atoms with E-state index < -0.39 is 0 Å². The predicted molar refractivity (Wildman–Crippen MR) is 66.9 cm³/mol. The number of hydrogen-bond acceptors (Lipinski definition) is 5. The van der Waals surface area contributed by atoms with Crippen LogP contribution in [0.5, 0.6) is 5.88 Å². The second-order valence-electron chi connectivity index (χ2n) is 4.15. The lowest BCUT2D eigenvalue weighted by molar-refractivity contribution is 0.373. The fourth-order valence-electron chi connectivity index (χ4n) is 1.83. The molecule has 2 heterocycles. The smallest absolute Gasteiger partial charge is 0.213 e. The van der Waals surface area contributed by atoms with Crippen LogP contribution in [0.25, 0.3) is 5.82 Å². The van der Waals surface area contributed by atoms with E-state index in [-0.39, 0.29) is 6.04 Å². The molecule has 7 heteroatoms. The molecule has 1 atom stereocenters. The molecule has 0 aliphatic heterocycles. The molecular weight excluding hydrogens is 232 g/mol. The first kappa shape index (κ1) is 12.6. The Kier molecular flexibility index (Phi) is 3.33. The summed E-state index contributed by atoms with van der Waals surface area (Å²) < 4.78 is 8.57. The number of nitrogens with zero attached hydrogens (tertiary/aromatic N) is 5. The molecule has 2 aromatic rings. The molecule has 1 unspecified atom stereocenters. The van der Waals surface area contributed by atoms with E-state index in [1.807, 2.05) is 34.0 Å². The molecule has 0 aliphatic rings. The summed E-state index contributed by atoms with van der Waals surface area (Å²) in [6, 6.07) is 1.99. The van der Waals surface area contributed by atoms with Gasteiger partial charge in [0.15, 0.2) is 5.82 Å². The van der Waals surface area contributed by atoms with E-state index in [2.05, 4.69) is 20.7 Å². The van der Waals surface area contributed by atoms with Gasteiger partial charge in [0.2, 0.25) is 5.88 Å². The van der Waals surface area contributed by atoms with Gasteiger partial charge in [-0.3, -0.25) is 0 Å². The van der Waals surface area contributed by atoms with Gasteiger partial charge in [0.05, 0.1) is 18.8 Å². The molecular formula is C11H18N6O. The molecule has 0 spiro atoms. The fraction of sp³-hybridized carbons (Fsp3) is 0.545. The van der Waals surface area contributed by atoms with Crippen LogP contribution >= 0.6 is 0 Å². The van der Waals surface area contributed by atoms with Crippen LogP contribution in [-0.4, -0.2) is 38.9 Å². The van der Waals surface area contributed by atoms with Crippen molar-refractivity contribution in [3.8, 4) is 11.7 Å². The maximum Gasteiger partial charge on any atom is 0.213 e. The van der Waals surface area contributed by atoms with Gasteiger partial charge >= 0.3 is 0 Å². The van der Waals surface area contributed by atoms with Gasteiger partial charge in [-0.2, -0.15) is 4.68 Å². The Labute approximate surface area is 106 Å². The summed E-state index contributed by atoms with van der Waals surface area (Å²) in [5.41, 5.74) is 1.89. The summed E-state index contributed by atoms with van der Waals surface area (Å²) in [4.78, 5) is 0. The first-order valence-electron chi connectivity index (χ1n) is 5.76. The molecule has 0 saturated heterocycles. The Bertz CT molecular complexity index is 544. The largest absolute Gasteiger partial charge is 0.481 e. The van der Waals surface area contributed by atoms with Crippen LogP contribution in [0.3, 0.4) is 0 Å². The van der Waals surface area contributed by atoms with Gasteiger partial charge in [-0.25, -0.2) is 4.68 Å². The first-order chi connectivity index (χ1) is 8.58. The van der Waals surface area contributed by atoms with E-state index in [9.17, 15) is 0 Å². The quantitative estimate of drug-likeness (QED) is 0.860. The molecule has 0 fully saturated rings. The third kappa shape index (κ3) is 1.97. The predicted octanol–water partition coefficient (Wildman–Crippen LogP) is 0.598. The summed E-state index contributed by atoms with van der Waals surface area (Å²) in [6.45, 7) is 4.02. The van der Waals surface area contributed by atoms with Crippen LogP contribution in [0.4, 0.5) is 0 Å². The Morgan fingerprint density at radius 1 is 1.44 bits per heavy atom. The number of methoxy groups -OCH3 is 1. The summed E-state index contributed by atoms with van der Waals surface area (Å²) >= 11 is 0. The van der Waals surface area contributed by atoms with Crippen molar-refractivity contribution in [2.24, 2.45) is 7.05 Å². The molecule has 7 nitrogen and oxygen atoms in total. The van der Waals surface area contributed by atoms with Crippen molar-refractivity contribution in [3.63, 3.8) is 0 Å². The standard InChI is InChI=1S/C11H18N6O/c1-7(12-3)11-8(2)17(15-13-11)9-6-10(18-5)16(4)14-9/h6-7,12H,1-5H3. The maximum absolute atomic E-state index is 5.19. The molecule has 2 aromatic heterocycles. The highest BCUT2D eigenvalue weighted by molar-refractivity contribution is 5.30. The zero-order valence-electron chi connectivity index (χ0n) is 11.3. The minimum atomic E-state index is 0.157. The maximum atomic E-state index is 5.19. The van der Waals surface area contributed by atoms with Gasteiger partial charge < -0.3 is 10.1 Å². The lowest BCUT2D eigenvalue weighted by Gasteiger charge is -2.07. The Balaban J connectivity index is 2.42. The highest BCUT2D eigenvalue weighted by atomic mass is 16.5. The average Bonchev–Trinajstić information content (AvgIpc) is 2.91. The number of aromatic nitrogens is 5. The van der Waals surface area contributed by atoms with E-state index in [0.717, 1.165) is 11.4 Å². The van der Waals surface area contributed by atoms with Crippen molar-refractivity contribution >= 4 is 0 Å². The fourth-order valence-corrected chi connectivity index (χ4v) is 1.83. The zero-order valence-corrected chi connectivity index (χ0v) is 11.3. The highest BCUT2D eigenvalue weighted by Gasteiger charge is 2.17. The molecule has 18 heavy (non-hydrogen) atoms. The first-order valence-corrected chi connectivity index (χ1v) is 5.76. The molecule has 2 rings (SSSR count). The van der Waals surface area contributed by atoms with Gasteiger partial charge in [0.25, 0.3) is 0 Å². The van der Waals surface area contributed by atoms with Crippen molar-refractivity contribution in [2.75, 3.05) is 14.2 Å². The van der Waals surface area contributed by atoms with Crippen molar-refractivity contribution in [3.05, 3.63) is 17.5 Å². The summed E-state index contributed by atoms with van der Waals surface area (Å²) in [6.07, 6.45) is 0. The van der Waals surface area contributed by atoms with Crippen molar-refractivity contribution < 1.29 is 4.74 Å². The van der Waals surface area contributed by atoms with Crippen LogP contribution < -0.4 is 10.1 Å². The number of aryl methyl sites for hydroxylation is 1. The minimum absolute atomic E-state index is 0.157. The van der Waals surface area contributed by atoms with Crippen molar-refractivity contribution in [1.82, 2.24) is 30.1 Å².